The Morgan fingerprint density at radius 1 is 1.41 bits per heavy atom. The molecule has 0 spiro atoms. The van der Waals surface area contributed by atoms with E-state index in [1.165, 1.54) is 11.8 Å². The maximum atomic E-state index is 11.8. The molecule has 2 heterocycles. The largest absolute Gasteiger partial charge is 0.355 e. The second-order valence-corrected chi connectivity index (χ2v) is 9.79. The average Bonchev–Trinajstić information content (AvgIpc) is 3.05. The van der Waals surface area contributed by atoms with E-state index in [4.69, 9.17) is 0 Å². The van der Waals surface area contributed by atoms with Crippen LogP contribution in [0.1, 0.15) is 6.42 Å². The lowest BCUT2D eigenvalue weighted by molar-refractivity contribution is -0.118. The highest BCUT2D eigenvalue weighted by molar-refractivity contribution is 8.01. The predicted octanol–water partition coefficient (Wildman–Crippen LogP) is 1.94. The normalized spacial score (nSPS) is 20.3. The number of carbonyl (C=O) groups excluding carboxylic acids is 1. The van der Waals surface area contributed by atoms with Crippen molar-refractivity contribution in [3.05, 3.63) is 24.3 Å². The minimum Gasteiger partial charge on any atom is -0.355 e. The zero-order valence-electron chi connectivity index (χ0n) is 11.8. The van der Waals surface area contributed by atoms with Gasteiger partial charge in [0.05, 0.1) is 27.5 Å². The van der Waals surface area contributed by atoms with E-state index in [1.807, 2.05) is 24.3 Å². The molecule has 1 fully saturated rings. The highest BCUT2D eigenvalue weighted by Gasteiger charge is 2.27. The Balaban J connectivity index is 1.46. The van der Waals surface area contributed by atoms with Crippen molar-refractivity contribution in [2.45, 2.75) is 10.8 Å². The van der Waals surface area contributed by atoms with E-state index in [2.05, 4.69) is 10.3 Å². The van der Waals surface area contributed by atoms with Crippen LogP contribution < -0.4 is 5.32 Å². The third-order valence-corrected chi connectivity index (χ3v) is 7.53. The molecule has 118 valence electrons. The number of rotatable bonds is 5. The molecule has 3 rings (SSSR count). The maximum Gasteiger partial charge on any atom is 0.230 e. The molecule has 2 aromatic rings. The van der Waals surface area contributed by atoms with Crippen molar-refractivity contribution in [2.24, 2.45) is 5.92 Å². The maximum absolute atomic E-state index is 11.8. The third kappa shape index (κ3) is 3.99. The molecule has 1 N–H and O–H groups in total. The van der Waals surface area contributed by atoms with Crippen LogP contribution in [0.25, 0.3) is 10.2 Å². The van der Waals surface area contributed by atoms with Crippen LogP contribution in [0.2, 0.25) is 0 Å². The van der Waals surface area contributed by atoms with Crippen LogP contribution in [0.15, 0.2) is 28.6 Å². The highest BCUT2D eigenvalue weighted by Crippen LogP contribution is 2.29. The minimum atomic E-state index is -2.88. The first kappa shape index (κ1) is 15.8. The average molecular weight is 356 g/mol. The summed E-state index contributed by atoms with van der Waals surface area (Å²) in [6.45, 7) is 0.443. The molecular weight excluding hydrogens is 340 g/mol. The number of hydrogen-bond donors (Lipinski definition) is 1. The monoisotopic (exact) mass is 356 g/mol. The van der Waals surface area contributed by atoms with E-state index >= 15 is 0 Å². The van der Waals surface area contributed by atoms with Gasteiger partial charge in [0.15, 0.2) is 14.2 Å². The van der Waals surface area contributed by atoms with Gasteiger partial charge < -0.3 is 5.32 Å². The van der Waals surface area contributed by atoms with Gasteiger partial charge in [-0.25, -0.2) is 13.4 Å². The van der Waals surface area contributed by atoms with Gasteiger partial charge in [-0.15, -0.1) is 11.3 Å². The summed E-state index contributed by atoms with van der Waals surface area (Å²) in [6, 6.07) is 7.88. The number of thioether (sulfide) groups is 1. The lowest BCUT2D eigenvalue weighted by Gasteiger charge is -2.08. The fraction of sp³-hybridized carbons (Fsp3) is 0.429. The second kappa shape index (κ2) is 6.55. The standard InChI is InChI=1S/C14H16N2O3S3/c17-13(15-7-10-5-6-22(18,19)9-10)8-20-14-16-11-3-1-2-4-12(11)21-14/h1-4,10H,5-9H2,(H,15,17). The summed E-state index contributed by atoms with van der Waals surface area (Å²) in [5.74, 6) is 0.723. The van der Waals surface area contributed by atoms with Crippen molar-refractivity contribution >= 4 is 49.1 Å². The SMILES string of the molecule is O=C(CSc1nc2ccccc2s1)NCC1CCS(=O)(=O)C1. The number of aromatic nitrogens is 1. The van der Waals surface area contributed by atoms with E-state index in [-0.39, 0.29) is 23.3 Å². The summed E-state index contributed by atoms with van der Waals surface area (Å²) in [6.07, 6.45) is 0.646. The van der Waals surface area contributed by atoms with Gasteiger partial charge in [-0.1, -0.05) is 23.9 Å². The van der Waals surface area contributed by atoms with E-state index in [0.717, 1.165) is 14.6 Å². The minimum absolute atomic E-state index is 0.0569. The molecule has 0 bridgehead atoms. The van der Waals surface area contributed by atoms with E-state index in [1.54, 1.807) is 11.3 Å². The predicted molar refractivity (Wildman–Crippen MR) is 90.1 cm³/mol. The molecule has 1 unspecified atom stereocenters. The molecule has 1 atom stereocenters. The van der Waals surface area contributed by atoms with Crippen LogP contribution >= 0.6 is 23.1 Å². The number of para-hydroxylation sites is 1. The molecule has 1 aromatic carbocycles. The van der Waals surface area contributed by atoms with Crippen molar-refractivity contribution in [1.82, 2.24) is 10.3 Å². The summed E-state index contributed by atoms with van der Waals surface area (Å²) in [5.41, 5.74) is 0.951. The number of fused-ring (bicyclic) bond motifs is 1. The van der Waals surface area contributed by atoms with Crippen molar-refractivity contribution in [3.63, 3.8) is 0 Å². The number of sulfone groups is 1. The molecule has 1 saturated heterocycles. The molecule has 1 amide bonds. The first-order chi connectivity index (χ1) is 10.5. The Morgan fingerprint density at radius 2 is 2.23 bits per heavy atom. The van der Waals surface area contributed by atoms with Gasteiger partial charge in [0.2, 0.25) is 5.91 Å². The molecular formula is C14H16N2O3S3. The van der Waals surface area contributed by atoms with Gasteiger partial charge in [-0.3, -0.25) is 4.79 Å². The number of carbonyl (C=O) groups is 1. The van der Waals surface area contributed by atoms with Crippen LogP contribution in [-0.4, -0.2) is 43.1 Å². The number of benzene rings is 1. The smallest absolute Gasteiger partial charge is 0.230 e. The lowest BCUT2D eigenvalue weighted by Crippen LogP contribution is -2.31. The van der Waals surface area contributed by atoms with E-state index in [0.29, 0.717) is 18.7 Å². The van der Waals surface area contributed by atoms with Crippen LogP contribution in [0.3, 0.4) is 0 Å². The van der Waals surface area contributed by atoms with Crippen molar-refractivity contribution in [1.29, 1.82) is 0 Å². The molecule has 8 heteroatoms. The lowest BCUT2D eigenvalue weighted by atomic mass is 10.1. The molecule has 22 heavy (non-hydrogen) atoms. The number of thiazole rings is 1. The van der Waals surface area contributed by atoms with Gasteiger partial charge in [0.25, 0.3) is 0 Å². The van der Waals surface area contributed by atoms with Crippen LogP contribution in [0.4, 0.5) is 0 Å². The Bertz CT molecular complexity index is 752. The number of amides is 1. The Labute approximate surface area is 137 Å². The van der Waals surface area contributed by atoms with Crippen molar-refractivity contribution < 1.29 is 13.2 Å². The van der Waals surface area contributed by atoms with Crippen LogP contribution in [-0.2, 0) is 14.6 Å². The van der Waals surface area contributed by atoms with E-state index in [9.17, 15) is 13.2 Å². The summed E-state index contributed by atoms with van der Waals surface area (Å²) in [4.78, 5) is 16.3. The highest BCUT2D eigenvalue weighted by atomic mass is 32.2. The molecule has 1 aliphatic rings. The molecule has 1 aromatic heterocycles. The fourth-order valence-corrected chi connectivity index (χ4v) is 6.14. The second-order valence-electron chi connectivity index (χ2n) is 5.31. The van der Waals surface area contributed by atoms with Crippen LogP contribution in [0, 0.1) is 5.92 Å². The quantitative estimate of drug-likeness (QED) is 0.829. The zero-order valence-corrected chi connectivity index (χ0v) is 14.3. The topological polar surface area (TPSA) is 76.1 Å². The van der Waals surface area contributed by atoms with Gasteiger partial charge in [-0.05, 0) is 24.5 Å². The van der Waals surface area contributed by atoms with Gasteiger partial charge in [0, 0.05) is 6.54 Å². The summed E-state index contributed by atoms with van der Waals surface area (Å²) < 4.78 is 24.7. The Hall–Kier alpha value is -1.12. The van der Waals surface area contributed by atoms with Gasteiger partial charge in [0.1, 0.15) is 0 Å². The zero-order chi connectivity index (χ0) is 15.6. The van der Waals surface area contributed by atoms with Gasteiger partial charge >= 0.3 is 0 Å². The molecule has 0 saturated carbocycles. The third-order valence-electron chi connectivity index (χ3n) is 3.52. The van der Waals surface area contributed by atoms with Crippen molar-refractivity contribution in [2.75, 3.05) is 23.8 Å². The molecule has 0 radical (unpaired) electrons. The molecule has 0 aliphatic carbocycles. The first-order valence-corrected chi connectivity index (χ1v) is 10.6. The number of hydrogen-bond acceptors (Lipinski definition) is 6. The Morgan fingerprint density at radius 3 is 2.95 bits per heavy atom. The van der Waals surface area contributed by atoms with Crippen LogP contribution in [0.5, 0.6) is 0 Å². The summed E-state index contributed by atoms with van der Waals surface area (Å²) in [5, 5.41) is 2.82. The fourth-order valence-electron chi connectivity index (χ4n) is 2.38. The molecule has 1 aliphatic heterocycles. The number of nitrogens with zero attached hydrogens (tertiary/aromatic N) is 1. The Kier molecular flexibility index (Phi) is 4.70. The summed E-state index contributed by atoms with van der Waals surface area (Å²) in [7, 11) is -2.88. The van der Waals surface area contributed by atoms with Gasteiger partial charge in [-0.2, -0.15) is 0 Å². The van der Waals surface area contributed by atoms with Crippen molar-refractivity contribution in [3.8, 4) is 0 Å². The molecule has 5 nitrogen and oxygen atoms in total. The first-order valence-electron chi connectivity index (χ1n) is 6.97. The number of nitrogens with one attached hydrogen (secondary N) is 1. The summed E-state index contributed by atoms with van der Waals surface area (Å²) >= 11 is 2.99. The van der Waals surface area contributed by atoms with E-state index < -0.39 is 9.84 Å².